The number of aliphatic carboxylic acids is 1. The third kappa shape index (κ3) is 11.0. The van der Waals surface area contributed by atoms with Gasteiger partial charge < -0.3 is 5.11 Å². The van der Waals surface area contributed by atoms with Gasteiger partial charge in [-0.25, -0.2) is 13.2 Å². The molecule has 0 atom stereocenters. The molecule has 0 saturated heterocycles. The minimum atomic E-state index is -3.21. The van der Waals surface area contributed by atoms with Gasteiger partial charge in [0.05, 0.1) is 10.4 Å². The number of aromatic nitrogens is 1. The number of aryl methyl sites for hydroxylation is 2. The van der Waals surface area contributed by atoms with Gasteiger partial charge in [0, 0.05) is 34.5 Å². The molecule has 6 heteroatoms. The molecule has 0 saturated carbocycles. The number of hydrogen-bond acceptors (Lipinski definition) is 4. The molecular weight excluding hydrogens is 494 g/mol. The number of carbonyl (C=O) groups is 1. The molecule has 1 heterocycles. The summed E-state index contributed by atoms with van der Waals surface area (Å²) in [4.78, 5) is 15.1. The summed E-state index contributed by atoms with van der Waals surface area (Å²) in [6, 6.07) is 14.9. The number of allylic oxidation sites excluding steroid dienone is 4. The van der Waals surface area contributed by atoms with E-state index in [4.69, 9.17) is 5.11 Å². The fraction of sp³-hybridized carbons (Fsp3) is 0.250. The van der Waals surface area contributed by atoms with Gasteiger partial charge in [-0.15, -0.1) is 0 Å². The highest BCUT2D eigenvalue weighted by Gasteiger charge is 2.12. The lowest BCUT2D eigenvalue weighted by atomic mass is 10.1. The maximum atomic E-state index is 11.5. The Hall–Kier alpha value is -3.95. The molecule has 0 bridgehead atoms. The van der Waals surface area contributed by atoms with E-state index in [1.807, 2.05) is 77.9 Å². The maximum absolute atomic E-state index is 11.5. The standard InChI is InChI=1S/C17H16O2.C11H11NO2S.2C2H6/c1-4-15(10-9-14(3)17(18)19)11-12-16-8-6-5-7-13(16)2;1-8-6-7-12-11-9(8)4-3-5-10(11)15(2,13)14;2*1-2/h4-10H,1H2,2-3H3,(H,18,19);3-7H,1-2H3;2*1-2H3/b14-9+,15-10+;;;. The Labute approximate surface area is 228 Å². The van der Waals surface area contributed by atoms with E-state index >= 15 is 0 Å². The van der Waals surface area contributed by atoms with Crippen LogP contribution < -0.4 is 0 Å². The van der Waals surface area contributed by atoms with E-state index in [-0.39, 0.29) is 5.57 Å². The Morgan fingerprint density at radius 3 is 2.13 bits per heavy atom. The van der Waals surface area contributed by atoms with E-state index in [2.05, 4.69) is 23.4 Å². The summed E-state index contributed by atoms with van der Waals surface area (Å²) in [6.45, 7) is 17.1. The molecule has 2 aromatic carbocycles. The van der Waals surface area contributed by atoms with Crippen molar-refractivity contribution >= 4 is 26.7 Å². The maximum Gasteiger partial charge on any atom is 0.331 e. The molecular formula is C32H39NO4S. The Morgan fingerprint density at radius 1 is 0.947 bits per heavy atom. The minimum Gasteiger partial charge on any atom is -0.478 e. The number of carboxylic acid groups (broad SMARTS) is 1. The van der Waals surface area contributed by atoms with Crippen molar-refractivity contribution < 1.29 is 18.3 Å². The van der Waals surface area contributed by atoms with E-state index in [0.717, 1.165) is 22.1 Å². The first-order chi connectivity index (χ1) is 18.0. The molecule has 0 aliphatic carbocycles. The number of carboxylic acids is 1. The molecule has 1 N–H and O–H groups in total. The lowest BCUT2D eigenvalue weighted by Gasteiger charge is -2.05. The number of fused-ring (bicyclic) bond motifs is 1. The highest BCUT2D eigenvalue weighted by Crippen LogP contribution is 2.22. The van der Waals surface area contributed by atoms with Gasteiger partial charge in [0.2, 0.25) is 0 Å². The minimum absolute atomic E-state index is 0.261. The van der Waals surface area contributed by atoms with Crippen LogP contribution in [-0.4, -0.2) is 30.7 Å². The third-order valence-corrected chi connectivity index (χ3v) is 6.04. The molecule has 202 valence electrons. The van der Waals surface area contributed by atoms with Crippen molar-refractivity contribution in [3.8, 4) is 11.8 Å². The van der Waals surface area contributed by atoms with Crippen LogP contribution in [0.1, 0.15) is 51.3 Å². The van der Waals surface area contributed by atoms with Gasteiger partial charge in [0.1, 0.15) is 0 Å². The number of rotatable bonds is 4. The predicted octanol–water partition coefficient (Wildman–Crippen LogP) is 7.49. The Kier molecular flexibility index (Phi) is 15.7. The van der Waals surface area contributed by atoms with Gasteiger partial charge >= 0.3 is 5.97 Å². The van der Waals surface area contributed by atoms with Crippen molar-refractivity contribution in [3.05, 3.63) is 107 Å². The smallest absolute Gasteiger partial charge is 0.331 e. The normalized spacial score (nSPS) is 10.7. The summed E-state index contributed by atoms with van der Waals surface area (Å²) in [5.41, 5.74) is 4.59. The van der Waals surface area contributed by atoms with Crippen molar-refractivity contribution in [1.29, 1.82) is 0 Å². The highest BCUT2D eigenvalue weighted by atomic mass is 32.2. The largest absolute Gasteiger partial charge is 0.478 e. The van der Waals surface area contributed by atoms with Crippen LogP contribution in [0.5, 0.6) is 0 Å². The topological polar surface area (TPSA) is 84.3 Å². The Morgan fingerprint density at radius 2 is 1.58 bits per heavy atom. The first kappa shape index (κ1) is 34.1. The van der Waals surface area contributed by atoms with E-state index < -0.39 is 15.8 Å². The summed E-state index contributed by atoms with van der Waals surface area (Å²) >= 11 is 0. The van der Waals surface area contributed by atoms with Crippen molar-refractivity contribution in [2.45, 2.75) is 53.4 Å². The molecule has 38 heavy (non-hydrogen) atoms. The summed E-state index contributed by atoms with van der Waals surface area (Å²) in [7, 11) is -3.21. The number of sulfone groups is 1. The molecule has 1 aromatic heterocycles. The average Bonchev–Trinajstić information content (AvgIpc) is 2.91. The molecule has 0 spiro atoms. The van der Waals surface area contributed by atoms with Crippen molar-refractivity contribution in [2.75, 3.05) is 6.26 Å². The fourth-order valence-corrected chi connectivity index (χ4v) is 3.73. The SMILES string of the molecule is C=C/C(C#Cc1ccccc1C)=C\C=C(/C)C(=O)O.CC.CC.Cc1ccnc2c(S(C)(=O)=O)cccc12. The van der Waals surface area contributed by atoms with Crippen LogP contribution in [0.15, 0.2) is 95.6 Å². The van der Waals surface area contributed by atoms with Crippen LogP contribution in [0.3, 0.4) is 0 Å². The first-order valence-electron chi connectivity index (χ1n) is 12.4. The van der Waals surface area contributed by atoms with Crippen LogP contribution >= 0.6 is 0 Å². The second kappa shape index (κ2) is 17.5. The third-order valence-electron chi connectivity index (χ3n) is 4.91. The fourth-order valence-electron chi connectivity index (χ4n) is 2.89. The quantitative estimate of drug-likeness (QED) is 0.213. The summed E-state index contributed by atoms with van der Waals surface area (Å²) in [6.07, 6.45) is 7.61. The van der Waals surface area contributed by atoms with Crippen molar-refractivity contribution in [1.82, 2.24) is 4.98 Å². The van der Waals surface area contributed by atoms with Crippen LogP contribution in [-0.2, 0) is 14.6 Å². The second-order valence-electron chi connectivity index (χ2n) is 7.60. The number of para-hydroxylation sites is 1. The molecule has 0 aliphatic rings. The van der Waals surface area contributed by atoms with Crippen LogP contribution in [0.4, 0.5) is 0 Å². The summed E-state index contributed by atoms with van der Waals surface area (Å²) in [5.74, 6) is 5.09. The van der Waals surface area contributed by atoms with Crippen LogP contribution in [0, 0.1) is 25.7 Å². The Bertz CT molecular complexity index is 1450. The number of pyridine rings is 1. The van der Waals surface area contributed by atoms with E-state index in [1.165, 1.54) is 19.3 Å². The molecule has 0 amide bonds. The zero-order chi connectivity index (χ0) is 29.3. The first-order valence-corrected chi connectivity index (χ1v) is 14.3. The molecule has 3 rings (SSSR count). The zero-order valence-corrected chi connectivity index (χ0v) is 24.5. The lowest BCUT2D eigenvalue weighted by molar-refractivity contribution is -0.132. The predicted molar refractivity (Wildman–Crippen MR) is 160 cm³/mol. The zero-order valence-electron chi connectivity index (χ0n) is 23.7. The summed E-state index contributed by atoms with van der Waals surface area (Å²) in [5, 5.41) is 9.64. The number of hydrogen-bond donors (Lipinski definition) is 1. The average molecular weight is 534 g/mol. The number of nitrogens with zero attached hydrogens (tertiary/aromatic N) is 1. The Balaban J connectivity index is 0.000000648. The van der Waals surface area contributed by atoms with Crippen molar-refractivity contribution in [3.63, 3.8) is 0 Å². The van der Waals surface area contributed by atoms with Gasteiger partial charge in [-0.1, -0.05) is 88.6 Å². The van der Waals surface area contributed by atoms with Gasteiger partial charge in [0.15, 0.2) is 9.84 Å². The molecule has 0 radical (unpaired) electrons. The summed E-state index contributed by atoms with van der Waals surface area (Å²) < 4.78 is 23.0. The van der Waals surface area contributed by atoms with E-state index in [9.17, 15) is 13.2 Å². The molecule has 3 aromatic rings. The van der Waals surface area contributed by atoms with E-state index in [1.54, 1.807) is 30.5 Å². The molecule has 5 nitrogen and oxygen atoms in total. The van der Waals surface area contributed by atoms with Crippen molar-refractivity contribution in [2.24, 2.45) is 0 Å². The number of benzene rings is 2. The second-order valence-corrected chi connectivity index (χ2v) is 9.58. The molecule has 0 fully saturated rings. The molecule has 0 unspecified atom stereocenters. The van der Waals surface area contributed by atoms with Gasteiger partial charge in [0.25, 0.3) is 0 Å². The molecule has 0 aliphatic heterocycles. The van der Waals surface area contributed by atoms with Gasteiger partial charge in [-0.05, 0) is 56.2 Å². The van der Waals surface area contributed by atoms with Crippen LogP contribution in [0.25, 0.3) is 10.9 Å². The highest BCUT2D eigenvalue weighted by molar-refractivity contribution is 7.91. The van der Waals surface area contributed by atoms with Crippen LogP contribution in [0.2, 0.25) is 0 Å². The van der Waals surface area contributed by atoms with Gasteiger partial charge in [-0.2, -0.15) is 0 Å². The van der Waals surface area contributed by atoms with E-state index in [0.29, 0.717) is 16.0 Å². The monoisotopic (exact) mass is 533 g/mol. The van der Waals surface area contributed by atoms with Gasteiger partial charge in [-0.3, -0.25) is 4.98 Å². The lowest BCUT2D eigenvalue weighted by Crippen LogP contribution is -1.99.